The number of aryl methyl sites for hydroxylation is 1. The van der Waals surface area contributed by atoms with Crippen molar-refractivity contribution < 1.29 is 4.79 Å². The third-order valence-corrected chi connectivity index (χ3v) is 3.61. The van der Waals surface area contributed by atoms with Crippen LogP contribution in [0.2, 0.25) is 0 Å². The Morgan fingerprint density at radius 1 is 1.38 bits per heavy atom. The van der Waals surface area contributed by atoms with E-state index in [2.05, 4.69) is 6.92 Å². The lowest BCUT2D eigenvalue weighted by Crippen LogP contribution is -2.30. The van der Waals surface area contributed by atoms with E-state index in [4.69, 9.17) is 5.73 Å². The number of rotatable bonds is 5. The number of hydrogen-bond donors (Lipinski definition) is 1. The highest BCUT2D eigenvalue weighted by Crippen LogP contribution is 2.27. The summed E-state index contributed by atoms with van der Waals surface area (Å²) in [6.07, 6.45) is 2.08. The predicted octanol–water partition coefficient (Wildman–Crippen LogP) is 2.76. The van der Waals surface area contributed by atoms with E-state index in [1.165, 1.54) is 16.2 Å². The number of amides is 1. The predicted molar refractivity (Wildman–Crippen MR) is 70.0 cm³/mol. The Morgan fingerprint density at radius 3 is 2.50 bits per heavy atom. The van der Waals surface area contributed by atoms with Gasteiger partial charge in [-0.3, -0.25) is 4.79 Å². The highest BCUT2D eigenvalue weighted by atomic mass is 32.1. The van der Waals surface area contributed by atoms with Crippen LogP contribution in [0.4, 0.5) is 5.00 Å². The van der Waals surface area contributed by atoms with Gasteiger partial charge < -0.3 is 10.6 Å². The molecule has 0 unspecified atom stereocenters. The zero-order valence-electron chi connectivity index (χ0n) is 10.2. The van der Waals surface area contributed by atoms with Crippen LogP contribution in [0.1, 0.15) is 42.4 Å². The Morgan fingerprint density at radius 2 is 2.00 bits per heavy atom. The number of carbonyl (C=O) groups excluding carboxylic acids is 1. The van der Waals surface area contributed by atoms with Crippen molar-refractivity contribution in [3.8, 4) is 0 Å². The summed E-state index contributed by atoms with van der Waals surface area (Å²) >= 11 is 1.54. The van der Waals surface area contributed by atoms with Gasteiger partial charge in [0.1, 0.15) is 0 Å². The molecule has 1 aromatic rings. The van der Waals surface area contributed by atoms with E-state index in [1.807, 2.05) is 19.9 Å². The van der Waals surface area contributed by atoms with Crippen LogP contribution in [0, 0.1) is 0 Å². The topological polar surface area (TPSA) is 46.3 Å². The molecule has 1 rings (SSSR count). The largest absolute Gasteiger partial charge is 0.390 e. The molecule has 0 saturated heterocycles. The highest BCUT2D eigenvalue weighted by molar-refractivity contribution is 7.16. The van der Waals surface area contributed by atoms with Gasteiger partial charge in [-0.05, 0) is 26.3 Å². The van der Waals surface area contributed by atoms with Gasteiger partial charge in [-0.1, -0.05) is 13.3 Å². The lowest BCUT2D eigenvalue weighted by Gasteiger charge is -2.17. The number of nitrogens with zero attached hydrogens (tertiary/aromatic N) is 1. The van der Waals surface area contributed by atoms with Gasteiger partial charge in [-0.15, -0.1) is 11.3 Å². The van der Waals surface area contributed by atoms with Gasteiger partial charge in [0.2, 0.25) is 0 Å². The maximum Gasteiger partial charge on any atom is 0.256 e. The van der Waals surface area contributed by atoms with E-state index in [0.29, 0.717) is 10.6 Å². The number of carbonyl (C=O) groups is 1. The van der Waals surface area contributed by atoms with Crippen LogP contribution in [0.3, 0.4) is 0 Å². The minimum absolute atomic E-state index is 0.0566. The number of nitrogen functional groups attached to an aromatic ring is 1. The van der Waals surface area contributed by atoms with E-state index < -0.39 is 0 Å². The van der Waals surface area contributed by atoms with Gasteiger partial charge in [0.15, 0.2) is 0 Å². The molecule has 0 aliphatic carbocycles. The summed E-state index contributed by atoms with van der Waals surface area (Å²) in [6.45, 7) is 7.55. The SMILES string of the molecule is CCCc1cc(C(=O)N(CC)CC)c(N)s1. The van der Waals surface area contributed by atoms with Crippen molar-refractivity contribution in [3.63, 3.8) is 0 Å². The fourth-order valence-electron chi connectivity index (χ4n) is 1.68. The molecule has 0 fully saturated rings. The Kier molecular flexibility index (Phi) is 4.80. The van der Waals surface area contributed by atoms with Crippen LogP contribution in [0.5, 0.6) is 0 Å². The van der Waals surface area contributed by atoms with Crippen LogP contribution < -0.4 is 5.73 Å². The van der Waals surface area contributed by atoms with Crippen LogP contribution in [0.15, 0.2) is 6.07 Å². The molecule has 0 aromatic carbocycles. The van der Waals surface area contributed by atoms with Gasteiger partial charge in [0.05, 0.1) is 10.6 Å². The molecule has 4 heteroatoms. The molecular formula is C12H20N2OS. The van der Waals surface area contributed by atoms with Crippen molar-refractivity contribution in [1.82, 2.24) is 4.90 Å². The lowest BCUT2D eigenvalue weighted by molar-refractivity contribution is 0.0774. The normalized spacial score (nSPS) is 10.4. The van der Waals surface area contributed by atoms with E-state index in [1.54, 1.807) is 4.90 Å². The summed E-state index contributed by atoms with van der Waals surface area (Å²) in [5.41, 5.74) is 6.57. The van der Waals surface area contributed by atoms with Crippen LogP contribution in [-0.4, -0.2) is 23.9 Å². The highest BCUT2D eigenvalue weighted by Gasteiger charge is 2.17. The molecule has 0 spiro atoms. The first kappa shape index (κ1) is 13.0. The fraction of sp³-hybridized carbons (Fsp3) is 0.583. The maximum absolute atomic E-state index is 12.1. The summed E-state index contributed by atoms with van der Waals surface area (Å²) in [4.78, 5) is 15.1. The van der Waals surface area contributed by atoms with Crippen molar-refractivity contribution in [3.05, 3.63) is 16.5 Å². The van der Waals surface area contributed by atoms with E-state index >= 15 is 0 Å². The first-order valence-electron chi connectivity index (χ1n) is 5.81. The summed E-state index contributed by atoms with van der Waals surface area (Å²) in [5, 5.41) is 0.653. The van der Waals surface area contributed by atoms with Crippen LogP contribution >= 0.6 is 11.3 Å². The molecule has 16 heavy (non-hydrogen) atoms. The van der Waals surface area contributed by atoms with E-state index in [9.17, 15) is 4.79 Å². The molecule has 1 aromatic heterocycles. The first-order valence-corrected chi connectivity index (χ1v) is 6.63. The summed E-state index contributed by atoms with van der Waals surface area (Å²) < 4.78 is 0. The van der Waals surface area contributed by atoms with Crippen LogP contribution in [-0.2, 0) is 6.42 Å². The number of anilines is 1. The van der Waals surface area contributed by atoms with Crippen LogP contribution in [0.25, 0.3) is 0 Å². The van der Waals surface area contributed by atoms with Crippen molar-refractivity contribution in [1.29, 1.82) is 0 Å². The molecule has 0 atom stereocenters. The van der Waals surface area contributed by atoms with Gasteiger partial charge in [0.25, 0.3) is 5.91 Å². The monoisotopic (exact) mass is 240 g/mol. The molecule has 0 aliphatic rings. The molecule has 0 aliphatic heterocycles. The molecular weight excluding hydrogens is 220 g/mol. The first-order chi connectivity index (χ1) is 7.63. The minimum atomic E-state index is 0.0566. The third kappa shape index (κ3) is 2.76. The molecule has 1 heterocycles. The average molecular weight is 240 g/mol. The Bertz CT molecular complexity index is 356. The fourth-order valence-corrected chi connectivity index (χ4v) is 2.70. The van der Waals surface area contributed by atoms with Gasteiger partial charge in [-0.2, -0.15) is 0 Å². The van der Waals surface area contributed by atoms with Crippen molar-refractivity contribution in [2.75, 3.05) is 18.8 Å². The Hall–Kier alpha value is -1.03. The number of nitrogens with two attached hydrogens (primary N) is 1. The zero-order chi connectivity index (χ0) is 12.1. The van der Waals surface area contributed by atoms with Crippen molar-refractivity contribution in [2.45, 2.75) is 33.6 Å². The molecule has 90 valence electrons. The standard InChI is InChI=1S/C12H20N2OS/c1-4-7-9-8-10(11(13)16-9)12(15)14(5-2)6-3/h8H,4-7,13H2,1-3H3. The van der Waals surface area contributed by atoms with Gasteiger partial charge >= 0.3 is 0 Å². The second-order valence-electron chi connectivity index (χ2n) is 3.72. The molecule has 0 bridgehead atoms. The maximum atomic E-state index is 12.1. The summed E-state index contributed by atoms with van der Waals surface area (Å²) in [5.74, 6) is 0.0566. The third-order valence-electron chi connectivity index (χ3n) is 2.59. The second kappa shape index (κ2) is 5.89. The van der Waals surface area contributed by atoms with E-state index in [-0.39, 0.29) is 5.91 Å². The lowest BCUT2D eigenvalue weighted by atomic mass is 10.2. The smallest absolute Gasteiger partial charge is 0.256 e. The molecule has 3 nitrogen and oxygen atoms in total. The summed E-state index contributed by atoms with van der Waals surface area (Å²) in [6, 6.07) is 1.95. The summed E-state index contributed by atoms with van der Waals surface area (Å²) in [7, 11) is 0. The minimum Gasteiger partial charge on any atom is -0.390 e. The van der Waals surface area contributed by atoms with Crippen molar-refractivity contribution in [2.24, 2.45) is 0 Å². The molecule has 0 saturated carbocycles. The van der Waals surface area contributed by atoms with E-state index in [0.717, 1.165) is 25.9 Å². The number of thiophene rings is 1. The van der Waals surface area contributed by atoms with Gasteiger partial charge in [0, 0.05) is 18.0 Å². The van der Waals surface area contributed by atoms with Gasteiger partial charge in [-0.25, -0.2) is 0 Å². The van der Waals surface area contributed by atoms with Crippen molar-refractivity contribution >= 4 is 22.2 Å². The molecule has 0 radical (unpaired) electrons. The Balaban J connectivity index is 2.90. The second-order valence-corrected chi connectivity index (χ2v) is 4.89. The zero-order valence-corrected chi connectivity index (χ0v) is 11.1. The molecule has 1 amide bonds. The average Bonchev–Trinajstić information content (AvgIpc) is 2.61. The number of hydrogen-bond acceptors (Lipinski definition) is 3. The molecule has 2 N–H and O–H groups in total. The Labute approximate surface area is 101 Å². The quantitative estimate of drug-likeness (QED) is 0.860.